The molecule has 0 aliphatic heterocycles. The molecule has 0 aromatic rings. The molecule has 1 amide bonds. The largest absolute Gasteiger partial charge is 0.468 e. The van der Waals surface area contributed by atoms with E-state index in [1.807, 2.05) is 0 Å². The zero-order chi connectivity index (χ0) is 11.1. The summed E-state index contributed by atoms with van der Waals surface area (Å²) in [6.45, 7) is 0. The molecule has 0 heterocycles. The summed E-state index contributed by atoms with van der Waals surface area (Å²) < 4.78 is 4.44. The van der Waals surface area contributed by atoms with E-state index in [9.17, 15) is 9.59 Å². The van der Waals surface area contributed by atoms with Crippen molar-refractivity contribution in [3.63, 3.8) is 0 Å². The van der Waals surface area contributed by atoms with Crippen LogP contribution in [0.15, 0.2) is 0 Å². The average Bonchev–Trinajstić information content (AvgIpc) is 2.14. The summed E-state index contributed by atoms with van der Waals surface area (Å²) in [4.78, 5) is 21.4. The Labute approximate surface area is 90.6 Å². The van der Waals surface area contributed by atoms with Crippen molar-refractivity contribution in [1.29, 1.82) is 5.26 Å². The Morgan fingerprint density at radius 2 is 2.29 bits per heavy atom. The molecule has 0 radical (unpaired) electrons. The van der Waals surface area contributed by atoms with E-state index in [1.165, 1.54) is 7.11 Å². The van der Waals surface area contributed by atoms with Gasteiger partial charge in [0.2, 0.25) is 5.91 Å². The van der Waals surface area contributed by atoms with Crippen molar-refractivity contribution in [2.45, 2.75) is 0 Å². The van der Waals surface area contributed by atoms with Gasteiger partial charge >= 0.3 is 5.97 Å². The Kier molecular flexibility index (Phi) is 5.83. The number of methoxy groups -OCH3 is 1. The number of hydrogen-bond donors (Lipinski definition) is 1. The maximum Gasteiger partial charge on any atom is 0.316 e. The van der Waals surface area contributed by atoms with Gasteiger partial charge in [0.15, 0.2) is 5.92 Å². The third-order valence-electron chi connectivity index (χ3n) is 1.21. The highest BCUT2D eigenvalue weighted by molar-refractivity contribution is 8.23. The Bertz CT molecular complexity index is 298. The second kappa shape index (κ2) is 6.34. The average molecular weight is 232 g/mol. The lowest BCUT2D eigenvalue weighted by molar-refractivity contribution is -0.137. The Hall–Kier alpha value is -1.13. The molecular formula is C7H8N2O3S2. The van der Waals surface area contributed by atoms with Gasteiger partial charge in [0, 0.05) is 0 Å². The molecular weight excluding hydrogens is 224 g/mol. The Morgan fingerprint density at radius 1 is 1.71 bits per heavy atom. The first-order valence-corrected chi connectivity index (χ1v) is 4.84. The normalized spacial score (nSPS) is 11.1. The minimum Gasteiger partial charge on any atom is -0.468 e. The Balaban J connectivity index is 4.15. The van der Waals surface area contributed by atoms with E-state index in [0.717, 1.165) is 11.8 Å². The summed E-state index contributed by atoms with van der Waals surface area (Å²) in [5.74, 6) is -2.45. The SMILES string of the molecule is COC(=O)CSC(=S)[C@H](C#N)C(N)=O. The van der Waals surface area contributed by atoms with E-state index in [4.69, 9.17) is 23.2 Å². The van der Waals surface area contributed by atoms with Crippen LogP contribution in [0, 0.1) is 17.2 Å². The van der Waals surface area contributed by atoms with Crippen LogP contribution in [0.3, 0.4) is 0 Å². The van der Waals surface area contributed by atoms with Gasteiger partial charge in [0.25, 0.3) is 0 Å². The van der Waals surface area contributed by atoms with Gasteiger partial charge in [0.1, 0.15) is 0 Å². The van der Waals surface area contributed by atoms with Crippen LogP contribution < -0.4 is 5.73 Å². The number of nitrogens with two attached hydrogens (primary N) is 1. The highest BCUT2D eigenvalue weighted by Gasteiger charge is 2.21. The molecule has 0 saturated heterocycles. The standard InChI is InChI=1S/C7H8N2O3S2/c1-12-5(10)3-14-7(13)4(2-8)6(9)11/h4H,3H2,1H3,(H2,9,11)/t4-/m1/s1. The molecule has 5 nitrogen and oxygen atoms in total. The van der Waals surface area contributed by atoms with Crippen LogP contribution in [0.25, 0.3) is 0 Å². The number of esters is 1. The number of nitrogens with zero attached hydrogens (tertiary/aromatic N) is 1. The van der Waals surface area contributed by atoms with Crippen molar-refractivity contribution < 1.29 is 14.3 Å². The number of carbonyl (C=O) groups excluding carboxylic acids is 2. The summed E-state index contributed by atoms with van der Waals surface area (Å²) >= 11 is 5.65. The third kappa shape index (κ3) is 4.20. The lowest BCUT2D eigenvalue weighted by atomic mass is 10.2. The molecule has 7 heteroatoms. The van der Waals surface area contributed by atoms with Gasteiger partial charge in [-0.25, -0.2) is 0 Å². The fourth-order valence-corrected chi connectivity index (χ4v) is 1.56. The molecule has 76 valence electrons. The maximum absolute atomic E-state index is 10.7. The summed E-state index contributed by atoms with van der Waals surface area (Å²) in [6, 6.07) is 1.65. The molecule has 0 aliphatic rings. The zero-order valence-electron chi connectivity index (χ0n) is 7.35. The zero-order valence-corrected chi connectivity index (χ0v) is 8.98. The van der Waals surface area contributed by atoms with E-state index in [2.05, 4.69) is 4.74 Å². The van der Waals surface area contributed by atoms with Crippen LogP contribution in [0.5, 0.6) is 0 Å². The fourth-order valence-electron chi connectivity index (χ4n) is 0.505. The molecule has 0 bridgehead atoms. The molecule has 0 aromatic heterocycles. The first-order chi connectivity index (χ1) is 6.52. The van der Waals surface area contributed by atoms with Crippen LogP contribution in [-0.4, -0.2) is 28.9 Å². The molecule has 14 heavy (non-hydrogen) atoms. The molecule has 0 unspecified atom stereocenters. The van der Waals surface area contributed by atoms with Crippen molar-refractivity contribution >= 4 is 40.1 Å². The van der Waals surface area contributed by atoms with Crippen molar-refractivity contribution in [2.75, 3.05) is 12.9 Å². The smallest absolute Gasteiger partial charge is 0.316 e. The first-order valence-electron chi connectivity index (χ1n) is 3.45. The number of nitriles is 1. The molecule has 0 fully saturated rings. The number of ether oxygens (including phenoxy) is 1. The first kappa shape index (κ1) is 12.9. The molecule has 0 spiro atoms. The van der Waals surface area contributed by atoms with E-state index in [1.54, 1.807) is 6.07 Å². The molecule has 2 N–H and O–H groups in total. The summed E-state index contributed by atoms with van der Waals surface area (Å²) in [5.41, 5.74) is 4.91. The monoisotopic (exact) mass is 232 g/mol. The van der Waals surface area contributed by atoms with Crippen LogP contribution in [0.2, 0.25) is 0 Å². The van der Waals surface area contributed by atoms with Gasteiger partial charge < -0.3 is 10.5 Å². The van der Waals surface area contributed by atoms with Gasteiger partial charge in [-0.2, -0.15) is 5.26 Å². The number of primary amides is 1. The number of rotatable bonds is 4. The quantitative estimate of drug-likeness (QED) is 0.535. The molecule has 0 rings (SSSR count). The van der Waals surface area contributed by atoms with Crippen molar-refractivity contribution in [3.05, 3.63) is 0 Å². The fraction of sp³-hybridized carbons (Fsp3) is 0.429. The molecule has 0 aliphatic carbocycles. The number of thiocarbonyl (C=S) groups is 1. The van der Waals surface area contributed by atoms with Crippen molar-refractivity contribution in [1.82, 2.24) is 0 Å². The lowest BCUT2D eigenvalue weighted by Crippen LogP contribution is -2.27. The molecule has 1 atom stereocenters. The number of carbonyl (C=O) groups is 2. The van der Waals surface area contributed by atoms with Gasteiger partial charge in [-0.1, -0.05) is 12.2 Å². The van der Waals surface area contributed by atoms with Crippen LogP contribution in [0.4, 0.5) is 0 Å². The minimum atomic E-state index is -1.14. The van der Waals surface area contributed by atoms with E-state index in [0.29, 0.717) is 0 Å². The lowest BCUT2D eigenvalue weighted by Gasteiger charge is -2.04. The van der Waals surface area contributed by atoms with E-state index in [-0.39, 0.29) is 9.95 Å². The van der Waals surface area contributed by atoms with E-state index >= 15 is 0 Å². The topological polar surface area (TPSA) is 93.2 Å². The van der Waals surface area contributed by atoms with Crippen LogP contribution in [0.1, 0.15) is 0 Å². The van der Waals surface area contributed by atoms with E-state index < -0.39 is 17.8 Å². The predicted molar refractivity (Wildman–Crippen MR) is 55.4 cm³/mol. The van der Waals surface area contributed by atoms with Gasteiger partial charge in [-0.15, -0.1) is 11.8 Å². The highest BCUT2D eigenvalue weighted by Crippen LogP contribution is 2.13. The van der Waals surface area contributed by atoms with Crippen LogP contribution in [-0.2, 0) is 14.3 Å². The van der Waals surface area contributed by atoms with Gasteiger partial charge in [-0.3, -0.25) is 9.59 Å². The Morgan fingerprint density at radius 3 is 2.64 bits per heavy atom. The number of thioether (sulfide) groups is 1. The van der Waals surface area contributed by atoms with Crippen molar-refractivity contribution in [3.8, 4) is 6.07 Å². The summed E-state index contributed by atoms with van der Waals surface area (Å²) in [6.07, 6.45) is 0. The second-order valence-corrected chi connectivity index (χ2v) is 3.86. The number of hydrogen-bond acceptors (Lipinski definition) is 6. The van der Waals surface area contributed by atoms with Crippen molar-refractivity contribution in [2.24, 2.45) is 11.7 Å². The van der Waals surface area contributed by atoms with Crippen LogP contribution >= 0.6 is 24.0 Å². The van der Waals surface area contributed by atoms with Gasteiger partial charge in [0.05, 0.1) is 23.1 Å². The van der Waals surface area contributed by atoms with Gasteiger partial charge in [-0.05, 0) is 0 Å². The molecule has 0 saturated carbocycles. The summed E-state index contributed by atoms with van der Waals surface area (Å²) in [5, 5.41) is 8.52. The maximum atomic E-state index is 10.7. The molecule has 0 aromatic carbocycles. The number of amides is 1. The predicted octanol–water partition coefficient (Wildman–Crippen LogP) is -0.155. The minimum absolute atomic E-state index is 0.0270. The highest BCUT2D eigenvalue weighted by atomic mass is 32.2. The second-order valence-electron chi connectivity index (χ2n) is 2.15. The third-order valence-corrected chi connectivity index (χ3v) is 2.70. The summed E-state index contributed by atoms with van der Waals surface area (Å²) in [7, 11) is 1.24.